The van der Waals surface area contributed by atoms with E-state index in [9.17, 15) is 19.5 Å². The first kappa shape index (κ1) is 20.8. The highest BCUT2D eigenvalue weighted by Crippen LogP contribution is 2.31. The van der Waals surface area contributed by atoms with Crippen molar-refractivity contribution in [1.82, 2.24) is 5.32 Å². The second-order valence-corrected chi connectivity index (χ2v) is 6.02. The summed E-state index contributed by atoms with van der Waals surface area (Å²) in [5.74, 6) is -1.73. The maximum atomic E-state index is 12.3. The van der Waals surface area contributed by atoms with Crippen LogP contribution in [-0.4, -0.2) is 31.5 Å². The average molecular weight is 385 g/mol. The Bertz CT molecular complexity index is 838. The van der Waals surface area contributed by atoms with Gasteiger partial charge in [-0.05, 0) is 23.3 Å². The molecule has 2 amide bonds. The zero-order valence-corrected chi connectivity index (χ0v) is 15.3. The van der Waals surface area contributed by atoms with Crippen molar-refractivity contribution in [3.05, 3.63) is 59.7 Å². The number of carbonyl (C=O) groups is 3. The number of primary amides is 1. The lowest BCUT2D eigenvalue weighted by molar-refractivity contribution is -0.306. The van der Waals surface area contributed by atoms with Gasteiger partial charge < -0.3 is 30.4 Å². The van der Waals surface area contributed by atoms with E-state index in [1.807, 2.05) is 18.2 Å². The molecule has 3 N–H and O–H groups in total. The van der Waals surface area contributed by atoms with E-state index in [-0.39, 0.29) is 30.4 Å². The zero-order chi connectivity index (χ0) is 20.5. The molecule has 8 heteroatoms. The van der Waals surface area contributed by atoms with Gasteiger partial charge in [-0.25, -0.2) is 0 Å². The molecular formula is C20H21N2O6-. The van der Waals surface area contributed by atoms with Crippen molar-refractivity contribution in [2.24, 2.45) is 5.73 Å². The highest BCUT2D eigenvalue weighted by atomic mass is 16.5. The number of hydrogen-bond acceptors (Lipinski definition) is 6. The molecule has 0 aromatic heterocycles. The van der Waals surface area contributed by atoms with Gasteiger partial charge in [0, 0.05) is 12.4 Å². The fourth-order valence-corrected chi connectivity index (χ4v) is 2.61. The number of amides is 2. The van der Waals surface area contributed by atoms with E-state index in [0.717, 1.165) is 5.56 Å². The molecule has 2 aromatic carbocycles. The van der Waals surface area contributed by atoms with Crippen LogP contribution in [0.2, 0.25) is 0 Å². The lowest BCUT2D eigenvalue weighted by Crippen LogP contribution is -2.35. The fraction of sp³-hybridized carbons (Fsp3) is 0.250. The van der Waals surface area contributed by atoms with Crippen molar-refractivity contribution in [2.45, 2.75) is 18.9 Å². The van der Waals surface area contributed by atoms with Crippen molar-refractivity contribution >= 4 is 17.8 Å². The summed E-state index contributed by atoms with van der Waals surface area (Å²) in [4.78, 5) is 34.4. The van der Waals surface area contributed by atoms with Crippen molar-refractivity contribution in [3.8, 4) is 11.5 Å². The Balaban J connectivity index is 2.18. The lowest BCUT2D eigenvalue weighted by Gasteiger charge is -2.21. The third kappa shape index (κ3) is 6.31. The number of carboxylic acids is 1. The summed E-state index contributed by atoms with van der Waals surface area (Å²) in [6.07, 6.45) is -0.299. The quantitative estimate of drug-likeness (QED) is 0.596. The summed E-state index contributed by atoms with van der Waals surface area (Å²) >= 11 is 0. The number of methoxy groups -OCH3 is 1. The van der Waals surface area contributed by atoms with Gasteiger partial charge in [-0.15, -0.1) is 0 Å². The average Bonchev–Trinajstić information content (AvgIpc) is 2.66. The minimum absolute atomic E-state index is 0.112. The number of nitrogens with two attached hydrogens (primary N) is 1. The van der Waals surface area contributed by atoms with Gasteiger partial charge in [-0.2, -0.15) is 0 Å². The van der Waals surface area contributed by atoms with Crippen LogP contribution in [0.3, 0.4) is 0 Å². The summed E-state index contributed by atoms with van der Waals surface area (Å²) in [5.41, 5.74) is 6.36. The molecule has 0 saturated heterocycles. The number of carboxylic acid groups (broad SMARTS) is 1. The van der Waals surface area contributed by atoms with E-state index in [1.165, 1.54) is 19.2 Å². The molecule has 0 aliphatic rings. The monoisotopic (exact) mass is 385 g/mol. The first-order chi connectivity index (χ1) is 13.4. The minimum Gasteiger partial charge on any atom is -0.550 e. The Labute approximate surface area is 162 Å². The SMILES string of the molecule is COc1cc([C@@H](CC(=O)[O-])NC(=O)Cc2ccccc2)ccc1OCC(N)=O. The highest BCUT2D eigenvalue weighted by Gasteiger charge is 2.18. The van der Waals surface area contributed by atoms with E-state index in [2.05, 4.69) is 5.32 Å². The number of benzene rings is 2. The van der Waals surface area contributed by atoms with Gasteiger partial charge >= 0.3 is 0 Å². The molecule has 2 rings (SSSR count). The first-order valence-electron chi connectivity index (χ1n) is 8.51. The number of ether oxygens (including phenoxy) is 2. The predicted molar refractivity (Wildman–Crippen MR) is 98.3 cm³/mol. The predicted octanol–water partition coefficient (Wildman–Crippen LogP) is 0.0993. The Morgan fingerprint density at radius 2 is 1.82 bits per heavy atom. The van der Waals surface area contributed by atoms with Gasteiger partial charge in [0.25, 0.3) is 5.91 Å². The van der Waals surface area contributed by atoms with E-state index in [1.54, 1.807) is 18.2 Å². The molecule has 28 heavy (non-hydrogen) atoms. The van der Waals surface area contributed by atoms with Crippen LogP contribution >= 0.6 is 0 Å². The molecule has 0 spiro atoms. The Morgan fingerprint density at radius 3 is 2.43 bits per heavy atom. The summed E-state index contributed by atoms with van der Waals surface area (Å²) in [7, 11) is 1.40. The molecular weight excluding hydrogens is 364 g/mol. The maximum absolute atomic E-state index is 12.3. The molecule has 0 heterocycles. The molecule has 0 unspecified atom stereocenters. The topological polar surface area (TPSA) is 131 Å². The van der Waals surface area contributed by atoms with Gasteiger partial charge in [0.15, 0.2) is 18.1 Å². The van der Waals surface area contributed by atoms with Crippen LogP contribution in [0.4, 0.5) is 0 Å². The molecule has 8 nitrogen and oxygen atoms in total. The number of aliphatic carboxylic acids is 1. The van der Waals surface area contributed by atoms with Gasteiger partial charge in [0.2, 0.25) is 5.91 Å². The molecule has 0 aliphatic carbocycles. The Hall–Kier alpha value is -3.55. The van der Waals surface area contributed by atoms with Gasteiger partial charge in [0.1, 0.15) is 0 Å². The molecule has 0 radical (unpaired) electrons. The van der Waals surface area contributed by atoms with Crippen LogP contribution in [-0.2, 0) is 20.8 Å². The largest absolute Gasteiger partial charge is 0.550 e. The lowest BCUT2D eigenvalue weighted by atomic mass is 10.0. The first-order valence-corrected chi connectivity index (χ1v) is 8.51. The normalized spacial score (nSPS) is 11.3. The summed E-state index contributed by atoms with van der Waals surface area (Å²) in [5, 5.41) is 13.9. The molecule has 148 valence electrons. The van der Waals surface area contributed by atoms with Gasteiger partial charge in [-0.3, -0.25) is 9.59 Å². The zero-order valence-electron chi connectivity index (χ0n) is 15.3. The molecule has 0 bridgehead atoms. The van der Waals surface area contributed by atoms with Crippen LogP contribution in [0.5, 0.6) is 11.5 Å². The standard InChI is InChI=1S/C20H22N2O6/c1-27-17-10-14(7-8-16(17)28-12-18(21)23)15(11-20(25)26)22-19(24)9-13-5-3-2-4-6-13/h2-8,10,15H,9,11-12H2,1H3,(H2,21,23)(H,22,24)(H,25,26)/p-1/t15-/m1/s1. The summed E-state index contributed by atoms with van der Waals surface area (Å²) in [6, 6.07) is 12.9. The van der Waals surface area contributed by atoms with E-state index in [4.69, 9.17) is 15.2 Å². The fourth-order valence-electron chi connectivity index (χ4n) is 2.61. The number of hydrogen-bond donors (Lipinski definition) is 2. The van der Waals surface area contributed by atoms with E-state index < -0.39 is 24.3 Å². The summed E-state index contributed by atoms with van der Waals surface area (Å²) in [6.45, 7) is -0.327. The third-order valence-corrected chi connectivity index (χ3v) is 3.87. The second-order valence-electron chi connectivity index (χ2n) is 6.02. The smallest absolute Gasteiger partial charge is 0.255 e. The maximum Gasteiger partial charge on any atom is 0.255 e. The Kier molecular flexibility index (Phi) is 7.38. The summed E-state index contributed by atoms with van der Waals surface area (Å²) < 4.78 is 10.5. The van der Waals surface area contributed by atoms with Crippen LogP contribution in [0.15, 0.2) is 48.5 Å². The van der Waals surface area contributed by atoms with Crippen molar-refractivity contribution in [3.63, 3.8) is 0 Å². The molecule has 0 aliphatic heterocycles. The Morgan fingerprint density at radius 1 is 1.11 bits per heavy atom. The third-order valence-electron chi connectivity index (χ3n) is 3.87. The second kappa shape index (κ2) is 9.96. The minimum atomic E-state index is -1.31. The van der Waals surface area contributed by atoms with Crippen molar-refractivity contribution < 1.29 is 29.0 Å². The van der Waals surface area contributed by atoms with Crippen LogP contribution in [0, 0.1) is 0 Å². The van der Waals surface area contributed by atoms with Crippen LogP contribution < -0.4 is 25.6 Å². The van der Waals surface area contributed by atoms with Crippen molar-refractivity contribution in [1.29, 1.82) is 0 Å². The number of nitrogens with one attached hydrogen (secondary N) is 1. The highest BCUT2D eigenvalue weighted by molar-refractivity contribution is 5.80. The molecule has 2 aromatic rings. The number of rotatable bonds is 10. The van der Waals surface area contributed by atoms with Gasteiger partial charge in [0.05, 0.1) is 19.6 Å². The molecule has 1 atom stereocenters. The van der Waals surface area contributed by atoms with Crippen molar-refractivity contribution in [2.75, 3.05) is 13.7 Å². The molecule has 0 fully saturated rings. The van der Waals surface area contributed by atoms with E-state index in [0.29, 0.717) is 5.56 Å². The van der Waals surface area contributed by atoms with Gasteiger partial charge in [-0.1, -0.05) is 36.4 Å². The number of carbonyl (C=O) groups excluding carboxylic acids is 3. The van der Waals surface area contributed by atoms with Crippen LogP contribution in [0.1, 0.15) is 23.6 Å². The van der Waals surface area contributed by atoms with Crippen LogP contribution in [0.25, 0.3) is 0 Å². The van der Waals surface area contributed by atoms with E-state index >= 15 is 0 Å². The molecule has 0 saturated carbocycles.